The second-order valence-corrected chi connectivity index (χ2v) is 10.3. The maximum atomic E-state index is 12.7. The standard InChI is InChI=1S/C21H24F3N5O3/c1-11-4-13(5-11)29-3-2-15(28-29)16(30)25-20-8-19(9-20,10-20)18-27-26-17(31-18)12-6-14(7-12)32-21(22,23)24/h2-3,11-14H,4-10H2,1H3,(H,25,30). The lowest BCUT2D eigenvalue weighted by molar-refractivity contribution is -0.352. The molecule has 0 aliphatic heterocycles. The molecule has 0 unspecified atom stereocenters. The summed E-state index contributed by atoms with van der Waals surface area (Å²) in [6.07, 6.45) is 1.21. The number of halogens is 3. The monoisotopic (exact) mass is 451 g/mol. The summed E-state index contributed by atoms with van der Waals surface area (Å²) in [6.45, 7) is 2.21. The molecule has 0 atom stereocenters. The van der Waals surface area contributed by atoms with Gasteiger partial charge in [-0.3, -0.25) is 14.2 Å². The van der Waals surface area contributed by atoms with Crippen LogP contribution in [0.4, 0.5) is 13.2 Å². The third-order valence-corrected chi connectivity index (χ3v) is 7.61. The number of carbonyl (C=O) groups is 1. The Balaban J connectivity index is 1.02. The molecule has 5 saturated carbocycles. The van der Waals surface area contributed by atoms with Gasteiger partial charge >= 0.3 is 6.36 Å². The molecule has 1 amide bonds. The minimum atomic E-state index is -4.62. The van der Waals surface area contributed by atoms with Gasteiger partial charge in [0.25, 0.3) is 5.91 Å². The van der Waals surface area contributed by atoms with Crippen molar-refractivity contribution in [3.8, 4) is 0 Å². The summed E-state index contributed by atoms with van der Waals surface area (Å²) in [4.78, 5) is 12.7. The third-order valence-electron chi connectivity index (χ3n) is 7.61. The van der Waals surface area contributed by atoms with Gasteiger partial charge in [0.05, 0.1) is 17.6 Å². The number of nitrogens with one attached hydrogen (secondary N) is 1. The Morgan fingerprint density at radius 1 is 1.22 bits per heavy atom. The second-order valence-electron chi connectivity index (χ2n) is 10.3. The van der Waals surface area contributed by atoms with Gasteiger partial charge in [-0.15, -0.1) is 23.4 Å². The van der Waals surface area contributed by atoms with E-state index < -0.39 is 12.5 Å². The van der Waals surface area contributed by atoms with Crippen molar-refractivity contribution in [2.45, 2.75) is 87.2 Å². The van der Waals surface area contributed by atoms with Crippen LogP contribution in [0.1, 0.15) is 86.1 Å². The molecule has 0 spiro atoms. The molecule has 2 heterocycles. The van der Waals surface area contributed by atoms with Gasteiger partial charge in [-0.05, 0) is 56.9 Å². The molecule has 11 heteroatoms. The Morgan fingerprint density at radius 2 is 1.94 bits per heavy atom. The van der Waals surface area contributed by atoms with E-state index in [0.717, 1.165) is 32.1 Å². The predicted octanol–water partition coefficient (Wildman–Crippen LogP) is 3.62. The number of carbonyl (C=O) groups excluding carboxylic acids is 1. The average Bonchev–Trinajstić information content (AvgIpc) is 3.25. The number of hydrogen-bond donors (Lipinski definition) is 1. The summed E-state index contributed by atoms with van der Waals surface area (Å²) < 4.78 is 48.5. The van der Waals surface area contributed by atoms with Gasteiger partial charge < -0.3 is 9.73 Å². The maximum absolute atomic E-state index is 12.7. The van der Waals surface area contributed by atoms with Crippen LogP contribution in [0.5, 0.6) is 0 Å². The maximum Gasteiger partial charge on any atom is 0.522 e. The van der Waals surface area contributed by atoms with Crippen molar-refractivity contribution >= 4 is 5.91 Å². The van der Waals surface area contributed by atoms with Crippen molar-refractivity contribution in [3.05, 3.63) is 29.7 Å². The van der Waals surface area contributed by atoms with E-state index in [9.17, 15) is 18.0 Å². The molecule has 5 aliphatic rings. The van der Waals surface area contributed by atoms with E-state index in [2.05, 4.69) is 32.3 Å². The van der Waals surface area contributed by atoms with E-state index in [-0.39, 0.29) is 35.6 Å². The Labute approximate surface area is 181 Å². The molecule has 5 fully saturated rings. The molecule has 2 aromatic rings. The molecule has 32 heavy (non-hydrogen) atoms. The van der Waals surface area contributed by atoms with Crippen molar-refractivity contribution in [2.75, 3.05) is 0 Å². The minimum Gasteiger partial charge on any atom is -0.424 e. The topological polar surface area (TPSA) is 95.1 Å². The van der Waals surface area contributed by atoms with Crippen LogP contribution >= 0.6 is 0 Å². The molecular formula is C21H24F3N5O3. The molecule has 0 aromatic carbocycles. The summed E-state index contributed by atoms with van der Waals surface area (Å²) in [5, 5.41) is 15.8. The number of rotatable bonds is 6. The molecule has 2 bridgehead atoms. The summed E-state index contributed by atoms with van der Waals surface area (Å²) in [5.74, 6) is 1.25. The number of nitrogens with zero attached hydrogens (tertiary/aromatic N) is 4. The number of aromatic nitrogens is 4. The molecule has 8 nitrogen and oxygen atoms in total. The van der Waals surface area contributed by atoms with Gasteiger partial charge in [0.2, 0.25) is 11.8 Å². The normalized spacial score (nSPS) is 37.6. The summed E-state index contributed by atoms with van der Waals surface area (Å²) in [7, 11) is 0. The van der Waals surface area contributed by atoms with E-state index >= 15 is 0 Å². The number of alkyl halides is 3. The first-order chi connectivity index (χ1) is 15.1. The van der Waals surface area contributed by atoms with Crippen LogP contribution in [0.2, 0.25) is 0 Å². The van der Waals surface area contributed by atoms with Gasteiger partial charge in [0.15, 0.2) is 0 Å². The highest BCUT2D eigenvalue weighted by molar-refractivity contribution is 5.93. The van der Waals surface area contributed by atoms with Crippen LogP contribution in [0, 0.1) is 5.92 Å². The zero-order valence-electron chi connectivity index (χ0n) is 17.6. The van der Waals surface area contributed by atoms with E-state index in [1.165, 1.54) is 0 Å². The van der Waals surface area contributed by atoms with Crippen molar-refractivity contribution in [1.82, 2.24) is 25.3 Å². The molecule has 7 rings (SSSR count). The SMILES string of the molecule is CC1CC(n2ccc(C(=O)NC34CC(c5nnc(C6CC(OC(F)(F)F)C6)o5)(C3)C4)n2)C1. The van der Waals surface area contributed by atoms with Crippen molar-refractivity contribution in [1.29, 1.82) is 0 Å². The second kappa shape index (κ2) is 6.55. The highest BCUT2D eigenvalue weighted by Gasteiger charge is 2.72. The van der Waals surface area contributed by atoms with E-state index in [0.29, 0.717) is 29.4 Å². The van der Waals surface area contributed by atoms with Crippen molar-refractivity contribution in [2.24, 2.45) is 5.92 Å². The lowest BCUT2D eigenvalue weighted by Gasteiger charge is -2.68. The number of hydrogen-bond acceptors (Lipinski definition) is 6. The summed E-state index contributed by atoms with van der Waals surface area (Å²) in [6, 6.07) is 2.15. The molecule has 1 N–H and O–H groups in total. The summed E-state index contributed by atoms with van der Waals surface area (Å²) >= 11 is 0. The first-order valence-corrected chi connectivity index (χ1v) is 11.1. The van der Waals surface area contributed by atoms with Gasteiger partial charge in [-0.1, -0.05) is 6.92 Å². The lowest BCUT2D eigenvalue weighted by atomic mass is 9.39. The lowest BCUT2D eigenvalue weighted by Crippen LogP contribution is -2.76. The molecule has 0 saturated heterocycles. The van der Waals surface area contributed by atoms with Crippen LogP contribution in [0.3, 0.4) is 0 Å². The van der Waals surface area contributed by atoms with E-state index in [4.69, 9.17) is 4.42 Å². The molecule has 172 valence electrons. The highest BCUT2D eigenvalue weighted by atomic mass is 19.4. The summed E-state index contributed by atoms with van der Waals surface area (Å²) in [5.41, 5.74) is -0.0576. The quantitative estimate of drug-likeness (QED) is 0.721. The van der Waals surface area contributed by atoms with Gasteiger partial charge in [0, 0.05) is 17.7 Å². The van der Waals surface area contributed by atoms with Crippen molar-refractivity contribution in [3.63, 3.8) is 0 Å². The Kier molecular flexibility index (Phi) is 4.14. The fourth-order valence-electron chi connectivity index (χ4n) is 5.86. The van der Waals surface area contributed by atoms with E-state index in [1.54, 1.807) is 6.07 Å². The Hall–Kier alpha value is -2.43. The molecular weight excluding hydrogens is 427 g/mol. The zero-order chi connectivity index (χ0) is 22.3. The van der Waals surface area contributed by atoms with Crippen LogP contribution in [-0.4, -0.2) is 43.9 Å². The molecule has 5 aliphatic carbocycles. The predicted molar refractivity (Wildman–Crippen MR) is 103 cm³/mol. The highest BCUT2D eigenvalue weighted by Crippen LogP contribution is 2.67. The smallest absolute Gasteiger partial charge is 0.424 e. The zero-order valence-corrected chi connectivity index (χ0v) is 17.6. The largest absolute Gasteiger partial charge is 0.522 e. The molecule has 2 aromatic heterocycles. The van der Waals surface area contributed by atoms with Gasteiger partial charge in [0.1, 0.15) is 5.69 Å². The average molecular weight is 451 g/mol. The third kappa shape index (κ3) is 3.23. The molecule has 0 radical (unpaired) electrons. The number of amides is 1. The first-order valence-electron chi connectivity index (χ1n) is 11.1. The van der Waals surface area contributed by atoms with Crippen LogP contribution in [0.15, 0.2) is 16.7 Å². The fraction of sp³-hybridized carbons (Fsp3) is 0.714. The Morgan fingerprint density at radius 3 is 2.59 bits per heavy atom. The van der Waals surface area contributed by atoms with Gasteiger partial charge in [-0.25, -0.2) is 0 Å². The van der Waals surface area contributed by atoms with Crippen molar-refractivity contribution < 1.29 is 27.1 Å². The Bertz CT molecular complexity index is 1030. The minimum absolute atomic E-state index is 0.166. The van der Waals surface area contributed by atoms with Crippen LogP contribution < -0.4 is 5.32 Å². The first kappa shape index (κ1) is 20.2. The van der Waals surface area contributed by atoms with E-state index in [1.807, 2.05) is 10.9 Å². The van der Waals surface area contributed by atoms with Crippen LogP contribution in [0.25, 0.3) is 0 Å². The van der Waals surface area contributed by atoms with Gasteiger partial charge in [-0.2, -0.15) is 5.10 Å². The van der Waals surface area contributed by atoms with Crippen LogP contribution in [-0.2, 0) is 10.2 Å². The fourth-order valence-corrected chi connectivity index (χ4v) is 5.86. The number of ether oxygens (including phenoxy) is 1.